The Morgan fingerprint density at radius 1 is 1.40 bits per heavy atom. The molecular formula is C14H15BrN2O3. The van der Waals surface area contributed by atoms with E-state index in [0.29, 0.717) is 22.6 Å². The standard InChI is InChI=1S/C14H15BrN2O3/c15-12-10(5-2-6-16-12)13(18)17-7-8-3-1-4-9(8)11(17)14(19)20/h2,5-6,8-9,11H,1,3-4,7H2,(H,19,20). The van der Waals surface area contributed by atoms with E-state index in [1.807, 2.05) is 0 Å². The number of carbonyl (C=O) groups excluding carboxylic acids is 1. The minimum atomic E-state index is -0.896. The molecule has 1 aliphatic heterocycles. The molecule has 5 nitrogen and oxygen atoms in total. The first-order valence-electron chi connectivity index (χ1n) is 6.74. The highest BCUT2D eigenvalue weighted by Gasteiger charge is 2.49. The number of amides is 1. The number of halogens is 1. The summed E-state index contributed by atoms with van der Waals surface area (Å²) in [5.41, 5.74) is 0.429. The van der Waals surface area contributed by atoms with Crippen LogP contribution in [-0.2, 0) is 4.79 Å². The molecule has 0 aromatic carbocycles. The van der Waals surface area contributed by atoms with Gasteiger partial charge in [-0.2, -0.15) is 0 Å². The van der Waals surface area contributed by atoms with E-state index in [2.05, 4.69) is 20.9 Å². The normalized spacial score (nSPS) is 28.4. The molecule has 0 bridgehead atoms. The molecule has 106 valence electrons. The fourth-order valence-electron chi connectivity index (χ4n) is 3.53. The molecule has 1 amide bonds. The molecule has 20 heavy (non-hydrogen) atoms. The number of rotatable bonds is 2. The van der Waals surface area contributed by atoms with E-state index in [4.69, 9.17) is 0 Å². The molecular weight excluding hydrogens is 324 g/mol. The molecule has 1 saturated carbocycles. The maximum Gasteiger partial charge on any atom is 0.326 e. The number of nitrogens with zero attached hydrogens (tertiary/aromatic N) is 2. The van der Waals surface area contributed by atoms with Gasteiger partial charge in [0.15, 0.2) is 0 Å². The lowest BCUT2D eigenvalue weighted by atomic mass is 9.94. The molecule has 1 aliphatic carbocycles. The summed E-state index contributed by atoms with van der Waals surface area (Å²) in [4.78, 5) is 29.7. The summed E-state index contributed by atoms with van der Waals surface area (Å²) < 4.78 is 0.464. The lowest BCUT2D eigenvalue weighted by Gasteiger charge is -2.24. The number of carboxylic acids is 1. The van der Waals surface area contributed by atoms with E-state index in [0.717, 1.165) is 19.3 Å². The van der Waals surface area contributed by atoms with Crippen LogP contribution in [0.25, 0.3) is 0 Å². The number of carboxylic acid groups (broad SMARTS) is 1. The van der Waals surface area contributed by atoms with Gasteiger partial charge >= 0.3 is 5.97 Å². The fraction of sp³-hybridized carbons (Fsp3) is 0.500. The zero-order chi connectivity index (χ0) is 14.3. The van der Waals surface area contributed by atoms with Crippen molar-refractivity contribution >= 4 is 27.8 Å². The number of pyridine rings is 1. The summed E-state index contributed by atoms with van der Waals surface area (Å²) in [6.45, 7) is 0.543. The van der Waals surface area contributed by atoms with Crippen LogP contribution in [0.4, 0.5) is 0 Å². The smallest absolute Gasteiger partial charge is 0.326 e. The summed E-state index contributed by atoms with van der Waals surface area (Å²) in [6.07, 6.45) is 4.58. The summed E-state index contributed by atoms with van der Waals surface area (Å²) in [6, 6.07) is 2.67. The fourth-order valence-corrected chi connectivity index (χ4v) is 3.95. The van der Waals surface area contributed by atoms with Crippen molar-refractivity contribution in [1.29, 1.82) is 0 Å². The van der Waals surface area contributed by atoms with E-state index in [-0.39, 0.29) is 11.8 Å². The second kappa shape index (κ2) is 5.16. The second-order valence-electron chi connectivity index (χ2n) is 5.44. The van der Waals surface area contributed by atoms with Gasteiger partial charge < -0.3 is 10.0 Å². The van der Waals surface area contributed by atoms with Crippen LogP contribution in [0.15, 0.2) is 22.9 Å². The van der Waals surface area contributed by atoms with Crippen molar-refractivity contribution in [3.05, 3.63) is 28.5 Å². The lowest BCUT2D eigenvalue weighted by molar-refractivity contribution is -0.142. The first-order chi connectivity index (χ1) is 9.59. The summed E-state index contributed by atoms with van der Waals surface area (Å²) in [7, 11) is 0. The Balaban J connectivity index is 1.91. The maximum atomic E-state index is 12.6. The average Bonchev–Trinajstić information content (AvgIpc) is 2.97. The molecule has 1 aromatic heterocycles. The highest BCUT2D eigenvalue weighted by Crippen LogP contribution is 2.42. The molecule has 0 radical (unpaired) electrons. The first-order valence-corrected chi connectivity index (χ1v) is 7.53. The molecule has 2 heterocycles. The van der Waals surface area contributed by atoms with Crippen molar-refractivity contribution in [2.75, 3.05) is 6.54 Å². The zero-order valence-electron chi connectivity index (χ0n) is 10.8. The van der Waals surface area contributed by atoms with Gasteiger partial charge in [-0.15, -0.1) is 0 Å². The van der Waals surface area contributed by atoms with Crippen molar-refractivity contribution in [2.24, 2.45) is 11.8 Å². The van der Waals surface area contributed by atoms with Crippen LogP contribution in [0.3, 0.4) is 0 Å². The Bertz CT molecular complexity index is 563. The van der Waals surface area contributed by atoms with Crippen molar-refractivity contribution < 1.29 is 14.7 Å². The van der Waals surface area contributed by atoms with E-state index >= 15 is 0 Å². The van der Waals surface area contributed by atoms with E-state index in [1.165, 1.54) is 4.90 Å². The predicted octanol–water partition coefficient (Wildman–Crippen LogP) is 2.17. The minimum Gasteiger partial charge on any atom is -0.480 e. The molecule has 3 atom stereocenters. The zero-order valence-corrected chi connectivity index (χ0v) is 12.4. The molecule has 1 aromatic rings. The van der Waals surface area contributed by atoms with Gasteiger partial charge in [-0.3, -0.25) is 4.79 Å². The molecule has 2 fully saturated rings. The van der Waals surface area contributed by atoms with Crippen molar-refractivity contribution in [2.45, 2.75) is 25.3 Å². The summed E-state index contributed by atoms with van der Waals surface area (Å²) in [5.74, 6) is -0.707. The average molecular weight is 339 g/mol. The molecule has 3 rings (SSSR count). The predicted molar refractivity (Wildman–Crippen MR) is 75.2 cm³/mol. The SMILES string of the molecule is O=C(O)C1C2CCCC2CN1C(=O)c1cccnc1Br. The van der Waals surface area contributed by atoms with Crippen LogP contribution in [0.1, 0.15) is 29.6 Å². The van der Waals surface area contributed by atoms with Gasteiger partial charge in [0.2, 0.25) is 0 Å². The highest BCUT2D eigenvalue weighted by molar-refractivity contribution is 9.10. The molecule has 0 spiro atoms. The quantitative estimate of drug-likeness (QED) is 0.839. The van der Waals surface area contributed by atoms with Crippen LogP contribution >= 0.6 is 15.9 Å². The van der Waals surface area contributed by atoms with Crippen LogP contribution < -0.4 is 0 Å². The molecule has 1 saturated heterocycles. The third-order valence-corrected chi connectivity index (χ3v) is 5.03. The minimum absolute atomic E-state index is 0.104. The molecule has 6 heteroatoms. The number of carbonyl (C=O) groups is 2. The first kappa shape index (κ1) is 13.5. The van der Waals surface area contributed by atoms with Gasteiger partial charge in [0, 0.05) is 12.7 Å². The molecule has 1 N–H and O–H groups in total. The van der Waals surface area contributed by atoms with Gasteiger partial charge in [0.05, 0.1) is 5.56 Å². The third kappa shape index (κ3) is 2.12. The molecule has 2 aliphatic rings. The maximum absolute atomic E-state index is 12.6. The topological polar surface area (TPSA) is 70.5 Å². The third-order valence-electron chi connectivity index (χ3n) is 4.39. The largest absolute Gasteiger partial charge is 0.480 e. The van der Waals surface area contributed by atoms with E-state index in [9.17, 15) is 14.7 Å². The Labute approximate surface area is 125 Å². The highest BCUT2D eigenvalue weighted by atomic mass is 79.9. The molecule has 3 unspecified atom stereocenters. The second-order valence-corrected chi connectivity index (χ2v) is 6.19. The number of aliphatic carboxylic acids is 1. The van der Waals surface area contributed by atoms with Crippen LogP contribution in [0.2, 0.25) is 0 Å². The van der Waals surface area contributed by atoms with Gasteiger partial charge in [0.1, 0.15) is 10.6 Å². The number of fused-ring (bicyclic) bond motifs is 1. The Morgan fingerprint density at radius 2 is 2.20 bits per heavy atom. The number of hydrogen-bond donors (Lipinski definition) is 1. The van der Waals surface area contributed by atoms with Gasteiger partial charge in [-0.05, 0) is 52.7 Å². The summed E-state index contributed by atoms with van der Waals surface area (Å²) in [5, 5.41) is 9.47. The van der Waals surface area contributed by atoms with Crippen molar-refractivity contribution in [3.8, 4) is 0 Å². The van der Waals surface area contributed by atoms with Gasteiger partial charge in [-0.25, -0.2) is 9.78 Å². The number of likely N-dealkylation sites (tertiary alicyclic amines) is 1. The Morgan fingerprint density at radius 3 is 2.90 bits per heavy atom. The summed E-state index contributed by atoms with van der Waals surface area (Å²) >= 11 is 3.26. The Kier molecular flexibility index (Phi) is 3.50. The number of hydrogen-bond acceptors (Lipinski definition) is 3. The lowest BCUT2D eigenvalue weighted by Crippen LogP contribution is -2.43. The van der Waals surface area contributed by atoms with Crippen molar-refractivity contribution in [1.82, 2.24) is 9.88 Å². The van der Waals surface area contributed by atoms with Gasteiger partial charge in [0.25, 0.3) is 5.91 Å². The van der Waals surface area contributed by atoms with E-state index in [1.54, 1.807) is 18.3 Å². The number of aromatic nitrogens is 1. The monoisotopic (exact) mass is 338 g/mol. The van der Waals surface area contributed by atoms with E-state index < -0.39 is 12.0 Å². The van der Waals surface area contributed by atoms with Gasteiger partial charge in [-0.1, -0.05) is 6.42 Å². The van der Waals surface area contributed by atoms with Crippen molar-refractivity contribution in [3.63, 3.8) is 0 Å². The van der Waals surface area contributed by atoms with Crippen LogP contribution in [-0.4, -0.2) is 39.5 Å². The van der Waals surface area contributed by atoms with Crippen LogP contribution in [0, 0.1) is 11.8 Å². The Hall–Kier alpha value is -1.43. The van der Waals surface area contributed by atoms with Crippen LogP contribution in [0.5, 0.6) is 0 Å².